The largest absolute Gasteiger partial charge is 0.331 e. The number of aromatic amines is 1. The van der Waals surface area contributed by atoms with E-state index in [0.717, 1.165) is 22.9 Å². The molecule has 3 aromatic heterocycles. The maximum Gasteiger partial charge on any atom is 0.326 e. The van der Waals surface area contributed by atoms with E-state index in [1.807, 2.05) is 0 Å². The van der Waals surface area contributed by atoms with Gasteiger partial charge in [-0.3, -0.25) is 14.3 Å². The molecule has 2 atom stereocenters. The first kappa shape index (κ1) is 26.1. The van der Waals surface area contributed by atoms with Gasteiger partial charge in [-0.1, -0.05) is 0 Å². The van der Waals surface area contributed by atoms with Crippen molar-refractivity contribution < 1.29 is 26.7 Å². The van der Waals surface area contributed by atoms with Crippen molar-refractivity contribution in [2.75, 3.05) is 0 Å². The number of amides is 1. The lowest BCUT2D eigenvalue weighted by atomic mass is 9.96. The standard InChI is InChI=1S/C29H21F5N6O2/c30-19-5-6-22-27(26(19)34)39(29(42)36-22)17-8-15-3-4-16(9-17)38(15)28(41)23-12-24(14-2-1-7-35-13-14)40(37-23)18-10-20(31)25(33)21(32)11-18/h1-2,5-7,10-13,15-17H,3-4,8-9H2,(H,36,42). The topological polar surface area (TPSA) is 88.8 Å². The van der Waals surface area contributed by atoms with E-state index in [4.69, 9.17) is 0 Å². The predicted octanol–water partition coefficient (Wildman–Crippen LogP) is 5.28. The molecular weight excluding hydrogens is 559 g/mol. The number of pyridine rings is 1. The summed E-state index contributed by atoms with van der Waals surface area (Å²) in [6, 6.07) is 7.54. The van der Waals surface area contributed by atoms with Crippen molar-refractivity contribution in [2.24, 2.45) is 0 Å². The lowest BCUT2D eigenvalue weighted by Crippen LogP contribution is -2.48. The number of hydrogen-bond acceptors (Lipinski definition) is 4. The minimum Gasteiger partial charge on any atom is -0.331 e. The number of nitrogens with one attached hydrogen (secondary N) is 1. The third kappa shape index (κ3) is 4.02. The number of imidazole rings is 1. The quantitative estimate of drug-likeness (QED) is 0.232. The molecule has 0 radical (unpaired) electrons. The van der Waals surface area contributed by atoms with Crippen LogP contribution in [0.1, 0.15) is 42.2 Å². The Balaban J connectivity index is 1.24. The van der Waals surface area contributed by atoms with Crippen LogP contribution < -0.4 is 5.69 Å². The Bertz CT molecular complexity index is 1900. The van der Waals surface area contributed by atoms with E-state index in [1.54, 1.807) is 17.0 Å². The van der Waals surface area contributed by atoms with Crippen molar-refractivity contribution in [1.29, 1.82) is 0 Å². The molecule has 2 aliphatic rings. The fourth-order valence-corrected chi connectivity index (χ4v) is 6.39. The van der Waals surface area contributed by atoms with Crippen LogP contribution in [0.4, 0.5) is 22.0 Å². The summed E-state index contributed by atoms with van der Waals surface area (Å²) < 4.78 is 73.2. The number of carbonyl (C=O) groups excluding carboxylic acids is 1. The van der Waals surface area contributed by atoms with E-state index in [-0.39, 0.29) is 34.5 Å². The molecule has 0 saturated carbocycles. The average molecular weight is 581 g/mol. The summed E-state index contributed by atoms with van der Waals surface area (Å²) in [5, 5.41) is 4.38. The molecule has 214 valence electrons. The molecule has 8 nitrogen and oxygen atoms in total. The Kier molecular flexibility index (Phi) is 5.99. The van der Waals surface area contributed by atoms with Gasteiger partial charge in [0.25, 0.3) is 5.91 Å². The van der Waals surface area contributed by atoms with Crippen LogP contribution in [0, 0.1) is 29.1 Å². The van der Waals surface area contributed by atoms with Crippen LogP contribution in [0.15, 0.2) is 59.7 Å². The lowest BCUT2D eigenvalue weighted by Gasteiger charge is -2.39. The van der Waals surface area contributed by atoms with Crippen molar-refractivity contribution >= 4 is 16.9 Å². The first-order valence-electron chi connectivity index (χ1n) is 13.3. The molecule has 2 saturated heterocycles. The highest BCUT2D eigenvalue weighted by molar-refractivity contribution is 5.94. The third-order valence-corrected chi connectivity index (χ3v) is 8.18. The van der Waals surface area contributed by atoms with Crippen molar-refractivity contribution in [3.05, 3.63) is 100 Å². The zero-order chi connectivity index (χ0) is 29.3. The highest BCUT2D eigenvalue weighted by atomic mass is 19.2. The number of nitrogens with zero attached hydrogens (tertiary/aromatic N) is 5. The van der Waals surface area contributed by atoms with E-state index in [0.29, 0.717) is 36.9 Å². The molecule has 13 heteroatoms. The number of benzene rings is 2. The maximum absolute atomic E-state index is 14.8. The van der Waals surface area contributed by atoms with Crippen molar-refractivity contribution in [1.82, 2.24) is 29.2 Å². The average Bonchev–Trinajstić information content (AvgIpc) is 3.65. The molecule has 1 N–H and O–H groups in total. The minimum absolute atomic E-state index is 0.00767. The molecular formula is C29H21F5N6O2. The maximum atomic E-state index is 14.8. The molecule has 0 aliphatic carbocycles. The second kappa shape index (κ2) is 9.64. The molecule has 7 rings (SSSR count). The number of carbonyl (C=O) groups is 1. The van der Waals surface area contributed by atoms with Gasteiger partial charge in [0.1, 0.15) is 5.52 Å². The Labute approximate surface area is 234 Å². The number of H-pyrrole nitrogens is 1. The smallest absolute Gasteiger partial charge is 0.326 e. The van der Waals surface area contributed by atoms with Gasteiger partial charge >= 0.3 is 5.69 Å². The third-order valence-electron chi connectivity index (χ3n) is 8.18. The van der Waals surface area contributed by atoms with Crippen LogP contribution in [0.2, 0.25) is 0 Å². The van der Waals surface area contributed by atoms with Gasteiger partial charge in [-0.25, -0.2) is 31.4 Å². The minimum atomic E-state index is -1.62. The summed E-state index contributed by atoms with van der Waals surface area (Å²) in [5.74, 6) is -7.05. The molecule has 5 heterocycles. The molecule has 2 aromatic carbocycles. The SMILES string of the molecule is O=C(c1cc(-c2cccnc2)n(-c2cc(F)c(F)c(F)c2)n1)N1C2CCC1CC(n1c(=O)[nH]c3ccc(F)c(F)c31)C2. The van der Waals surface area contributed by atoms with Gasteiger partial charge < -0.3 is 9.88 Å². The number of rotatable bonds is 4. The van der Waals surface area contributed by atoms with Crippen molar-refractivity contribution in [3.8, 4) is 16.9 Å². The zero-order valence-electron chi connectivity index (χ0n) is 21.7. The summed E-state index contributed by atoms with van der Waals surface area (Å²) in [5.41, 5.74) is 0.170. The molecule has 2 fully saturated rings. The van der Waals surface area contributed by atoms with Crippen LogP contribution in [0.25, 0.3) is 28.0 Å². The van der Waals surface area contributed by atoms with E-state index in [2.05, 4.69) is 15.1 Å². The highest BCUT2D eigenvalue weighted by Gasteiger charge is 2.45. The van der Waals surface area contributed by atoms with Crippen LogP contribution in [0.3, 0.4) is 0 Å². The van der Waals surface area contributed by atoms with Crippen molar-refractivity contribution in [3.63, 3.8) is 0 Å². The Hall–Kier alpha value is -4.81. The van der Waals surface area contributed by atoms with Gasteiger partial charge in [0.15, 0.2) is 34.8 Å². The highest BCUT2D eigenvalue weighted by Crippen LogP contribution is 2.42. The van der Waals surface area contributed by atoms with Crippen LogP contribution >= 0.6 is 0 Å². The number of halogens is 5. The normalized spacial score (nSPS) is 20.0. The monoisotopic (exact) mass is 580 g/mol. The number of aromatic nitrogens is 5. The molecule has 2 bridgehead atoms. The number of fused-ring (bicyclic) bond motifs is 3. The molecule has 5 aromatic rings. The van der Waals surface area contributed by atoms with Gasteiger partial charge in [-0.2, -0.15) is 5.10 Å². The molecule has 1 amide bonds. The summed E-state index contributed by atoms with van der Waals surface area (Å²) in [6.07, 6.45) is 4.95. The Morgan fingerprint density at radius 2 is 1.60 bits per heavy atom. The number of hydrogen-bond donors (Lipinski definition) is 1. The summed E-state index contributed by atoms with van der Waals surface area (Å²) in [4.78, 5) is 35.0. The molecule has 0 spiro atoms. The molecule has 42 heavy (non-hydrogen) atoms. The first-order valence-corrected chi connectivity index (χ1v) is 13.3. The lowest BCUT2D eigenvalue weighted by molar-refractivity contribution is 0.0527. The fraction of sp³-hybridized carbons (Fsp3) is 0.241. The Morgan fingerprint density at radius 3 is 2.26 bits per heavy atom. The van der Waals surface area contributed by atoms with E-state index < -0.39 is 46.7 Å². The predicted molar refractivity (Wildman–Crippen MR) is 140 cm³/mol. The van der Waals surface area contributed by atoms with E-state index in [9.17, 15) is 31.5 Å². The van der Waals surface area contributed by atoms with Gasteiger partial charge in [-0.05, 0) is 56.0 Å². The van der Waals surface area contributed by atoms with Crippen molar-refractivity contribution in [2.45, 2.75) is 43.8 Å². The Morgan fingerprint density at radius 1 is 0.881 bits per heavy atom. The van der Waals surface area contributed by atoms with Crippen LogP contribution in [-0.4, -0.2) is 47.2 Å². The van der Waals surface area contributed by atoms with E-state index in [1.165, 1.54) is 29.1 Å². The zero-order valence-corrected chi connectivity index (χ0v) is 21.7. The number of piperidine rings is 1. The van der Waals surface area contributed by atoms with Gasteiger partial charge in [-0.15, -0.1) is 0 Å². The van der Waals surface area contributed by atoms with Crippen LogP contribution in [-0.2, 0) is 0 Å². The second-order valence-electron chi connectivity index (χ2n) is 10.6. The summed E-state index contributed by atoms with van der Waals surface area (Å²) in [7, 11) is 0. The summed E-state index contributed by atoms with van der Waals surface area (Å²) >= 11 is 0. The molecule has 2 aliphatic heterocycles. The van der Waals surface area contributed by atoms with Gasteiger partial charge in [0, 0.05) is 48.2 Å². The van der Waals surface area contributed by atoms with E-state index >= 15 is 0 Å². The van der Waals surface area contributed by atoms with Crippen LogP contribution in [0.5, 0.6) is 0 Å². The fourth-order valence-electron chi connectivity index (χ4n) is 6.39. The first-order chi connectivity index (χ1) is 20.2. The van der Waals surface area contributed by atoms with Gasteiger partial charge in [0.05, 0.1) is 16.9 Å². The summed E-state index contributed by atoms with van der Waals surface area (Å²) in [6.45, 7) is 0. The van der Waals surface area contributed by atoms with Gasteiger partial charge in [0.2, 0.25) is 0 Å². The second-order valence-corrected chi connectivity index (χ2v) is 10.6. The molecule has 2 unspecified atom stereocenters.